The van der Waals surface area contributed by atoms with Crippen molar-refractivity contribution < 1.29 is 33.3 Å². The number of hydrogen-bond acceptors (Lipinski definition) is 6. The summed E-state index contributed by atoms with van der Waals surface area (Å²) in [6, 6.07) is 6.18. The quantitative estimate of drug-likeness (QED) is 0.282. The van der Waals surface area contributed by atoms with Crippen LogP contribution in [-0.4, -0.2) is 54.8 Å². The van der Waals surface area contributed by atoms with Crippen molar-refractivity contribution in [2.24, 2.45) is 5.92 Å². The molecule has 7 nitrogen and oxygen atoms in total. The van der Waals surface area contributed by atoms with Crippen molar-refractivity contribution >= 4 is 15.8 Å². The molecule has 3 N–H and O–H groups in total. The lowest BCUT2D eigenvalue weighted by molar-refractivity contribution is -0.137. The number of allylic oxidation sites excluding steroid dienone is 2. The number of unbranched alkanes of at least 4 members (excludes halogenated alkanes) is 1. The maximum Gasteiger partial charge on any atom is 0.303 e. The predicted octanol–water partition coefficient (Wildman–Crippen LogP) is 3.20. The minimum absolute atomic E-state index is 0.0655. The standard InChI is InChI=1S/C22H34O7S/c1-17(23)18(9-5-3-4-6-14-22(25)26)10-7-11-19(24)16-29-20-12-8-13-21(15-20)30(2,27)28/h3,5,8,12-13,15,17-19,23-24H,4,6-7,9-11,14,16H2,1-2H3,(H,25,26)/b5-3-. The molecule has 1 rings (SSSR count). The lowest BCUT2D eigenvalue weighted by Crippen LogP contribution is -2.20. The van der Waals surface area contributed by atoms with Gasteiger partial charge in [0.15, 0.2) is 9.84 Å². The van der Waals surface area contributed by atoms with Crippen LogP contribution in [0.1, 0.15) is 51.9 Å². The van der Waals surface area contributed by atoms with Gasteiger partial charge in [0.1, 0.15) is 12.4 Å². The Morgan fingerprint density at radius 1 is 1.17 bits per heavy atom. The van der Waals surface area contributed by atoms with Gasteiger partial charge in [0.25, 0.3) is 0 Å². The highest BCUT2D eigenvalue weighted by atomic mass is 32.2. The van der Waals surface area contributed by atoms with Gasteiger partial charge >= 0.3 is 5.97 Å². The Balaban J connectivity index is 2.34. The molecule has 1 aromatic carbocycles. The molecule has 0 radical (unpaired) electrons. The Hall–Kier alpha value is -1.90. The van der Waals surface area contributed by atoms with Crippen molar-refractivity contribution in [3.05, 3.63) is 36.4 Å². The third-order valence-electron chi connectivity index (χ3n) is 4.84. The smallest absolute Gasteiger partial charge is 0.303 e. The van der Waals surface area contributed by atoms with E-state index in [2.05, 4.69) is 0 Å². The van der Waals surface area contributed by atoms with Crippen LogP contribution in [0.15, 0.2) is 41.3 Å². The molecule has 0 aliphatic carbocycles. The van der Waals surface area contributed by atoms with E-state index in [0.717, 1.165) is 19.1 Å². The van der Waals surface area contributed by atoms with Gasteiger partial charge < -0.3 is 20.1 Å². The molecule has 3 unspecified atom stereocenters. The molecule has 0 bridgehead atoms. The molecule has 0 heterocycles. The summed E-state index contributed by atoms with van der Waals surface area (Å²) in [6.07, 6.45) is 8.04. The molecule has 0 saturated carbocycles. The maximum atomic E-state index is 11.6. The van der Waals surface area contributed by atoms with Crippen molar-refractivity contribution in [3.63, 3.8) is 0 Å². The number of hydrogen-bond donors (Lipinski definition) is 3. The number of carbonyl (C=O) groups is 1. The van der Waals surface area contributed by atoms with Gasteiger partial charge in [-0.1, -0.05) is 24.6 Å². The molecule has 3 atom stereocenters. The van der Waals surface area contributed by atoms with Crippen LogP contribution in [-0.2, 0) is 14.6 Å². The van der Waals surface area contributed by atoms with Gasteiger partial charge in [-0.3, -0.25) is 4.79 Å². The van der Waals surface area contributed by atoms with Gasteiger partial charge in [0.2, 0.25) is 0 Å². The molecule has 0 amide bonds. The van der Waals surface area contributed by atoms with Crippen LogP contribution in [0, 0.1) is 5.92 Å². The zero-order valence-corrected chi connectivity index (χ0v) is 18.6. The van der Waals surface area contributed by atoms with Gasteiger partial charge in [0, 0.05) is 12.7 Å². The van der Waals surface area contributed by atoms with Crippen LogP contribution < -0.4 is 4.74 Å². The molecule has 0 saturated heterocycles. The average molecular weight is 443 g/mol. The van der Waals surface area contributed by atoms with Crippen LogP contribution in [0.3, 0.4) is 0 Å². The first-order valence-corrected chi connectivity index (χ1v) is 12.1. The Labute approximate surface area is 179 Å². The summed E-state index contributed by atoms with van der Waals surface area (Å²) >= 11 is 0. The molecule has 0 spiro atoms. The second kappa shape index (κ2) is 13.4. The second-order valence-electron chi connectivity index (χ2n) is 7.64. The van der Waals surface area contributed by atoms with E-state index in [1.54, 1.807) is 19.1 Å². The van der Waals surface area contributed by atoms with Crippen LogP contribution in [0.5, 0.6) is 5.75 Å². The third kappa shape index (κ3) is 11.3. The lowest BCUT2D eigenvalue weighted by atomic mass is 9.92. The van der Waals surface area contributed by atoms with Gasteiger partial charge in [-0.15, -0.1) is 0 Å². The first kappa shape index (κ1) is 26.1. The van der Waals surface area contributed by atoms with E-state index in [-0.39, 0.29) is 23.8 Å². The summed E-state index contributed by atoms with van der Waals surface area (Å²) in [7, 11) is -3.31. The largest absolute Gasteiger partial charge is 0.491 e. The van der Waals surface area contributed by atoms with E-state index in [9.17, 15) is 23.4 Å². The van der Waals surface area contributed by atoms with Crippen molar-refractivity contribution in [2.45, 2.75) is 69.0 Å². The van der Waals surface area contributed by atoms with Gasteiger partial charge in [-0.2, -0.15) is 0 Å². The summed E-state index contributed by atoms with van der Waals surface area (Å²) in [6.45, 7) is 1.81. The van der Waals surface area contributed by atoms with E-state index in [1.165, 1.54) is 12.1 Å². The van der Waals surface area contributed by atoms with Crippen molar-refractivity contribution in [3.8, 4) is 5.75 Å². The topological polar surface area (TPSA) is 121 Å². The second-order valence-corrected chi connectivity index (χ2v) is 9.65. The molecule has 0 fully saturated rings. The van der Waals surface area contributed by atoms with E-state index in [0.29, 0.717) is 31.4 Å². The minimum atomic E-state index is -3.31. The first-order valence-electron chi connectivity index (χ1n) is 10.3. The van der Waals surface area contributed by atoms with Crippen molar-refractivity contribution in [2.75, 3.05) is 12.9 Å². The Bertz CT molecular complexity index is 771. The van der Waals surface area contributed by atoms with Gasteiger partial charge in [-0.05, 0) is 63.1 Å². The van der Waals surface area contributed by atoms with Crippen LogP contribution >= 0.6 is 0 Å². The van der Waals surface area contributed by atoms with E-state index in [4.69, 9.17) is 9.84 Å². The number of aliphatic hydroxyl groups excluding tert-OH is 2. The fourth-order valence-corrected chi connectivity index (χ4v) is 3.66. The number of aliphatic hydroxyl groups is 2. The van der Waals surface area contributed by atoms with Crippen molar-refractivity contribution in [1.29, 1.82) is 0 Å². The lowest BCUT2D eigenvalue weighted by Gasteiger charge is -2.19. The van der Waals surface area contributed by atoms with E-state index in [1.807, 2.05) is 12.2 Å². The zero-order chi connectivity index (χ0) is 22.6. The Morgan fingerprint density at radius 2 is 1.90 bits per heavy atom. The summed E-state index contributed by atoms with van der Waals surface area (Å²) < 4.78 is 28.7. The molecular weight excluding hydrogens is 408 g/mol. The van der Waals surface area contributed by atoms with E-state index >= 15 is 0 Å². The molecule has 0 aliphatic heterocycles. The number of carboxylic acids is 1. The summed E-state index contributed by atoms with van der Waals surface area (Å²) in [5.41, 5.74) is 0. The number of rotatable bonds is 15. The fraction of sp³-hybridized carbons (Fsp3) is 0.591. The van der Waals surface area contributed by atoms with E-state index < -0.39 is 28.0 Å². The maximum absolute atomic E-state index is 11.6. The molecule has 0 aliphatic rings. The molecular formula is C22H34O7S. The molecule has 1 aromatic rings. The number of benzene rings is 1. The van der Waals surface area contributed by atoms with Crippen LogP contribution in [0.4, 0.5) is 0 Å². The molecule has 8 heteroatoms. The zero-order valence-electron chi connectivity index (χ0n) is 17.7. The monoisotopic (exact) mass is 442 g/mol. The number of aliphatic carboxylic acids is 1. The SMILES string of the molecule is CC(O)C(C/C=C\CCCC(=O)O)CCCC(O)COc1cccc(S(C)(=O)=O)c1. The van der Waals surface area contributed by atoms with Crippen molar-refractivity contribution in [1.82, 2.24) is 0 Å². The van der Waals surface area contributed by atoms with Gasteiger partial charge in [0.05, 0.1) is 17.1 Å². The Kier molecular flexibility index (Phi) is 11.7. The highest BCUT2D eigenvalue weighted by Crippen LogP contribution is 2.20. The number of carboxylic acid groups (broad SMARTS) is 1. The first-order chi connectivity index (χ1) is 14.1. The number of ether oxygens (including phenoxy) is 1. The summed E-state index contributed by atoms with van der Waals surface area (Å²) in [5, 5.41) is 28.7. The normalized spacial score (nSPS) is 15.1. The van der Waals surface area contributed by atoms with Crippen LogP contribution in [0.25, 0.3) is 0 Å². The van der Waals surface area contributed by atoms with Crippen LogP contribution in [0.2, 0.25) is 0 Å². The Morgan fingerprint density at radius 3 is 2.53 bits per heavy atom. The molecule has 170 valence electrons. The predicted molar refractivity (Wildman–Crippen MR) is 115 cm³/mol. The van der Waals surface area contributed by atoms with Gasteiger partial charge in [-0.25, -0.2) is 8.42 Å². The summed E-state index contributed by atoms with van der Waals surface area (Å²) in [4.78, 5) is 10.6. The highest BCUT2D eigenvalue weighted by Gasteiger charge is 2.15. The molecule has 30 heavy (non-hydrogen) atoms. The fourth-order valence-electron chi connectivity index (χ4n) is 3.00. The molecule has 0 aromatic heterocycles. The average Bonchev–Trinajstić information content (AvgIpc) is 2.66. The third-order valence-corrected chi connectivity index (χ3v) is 5.95. The number of sulfone groups is 1. The summed E-state index contributed by atoms with van der Waals surface area (Å²) in [5.74, 6) is -0.331. The minimum Gasteiger partial charge on any atom is -0.491 e. The highest BCUT2D eigenvalue weighted by molar-refractivity contribution is 7.90.